The van der Waals surface area contributed by atoms with Crippen molar-refractivity contribution in [1.29, 1.82) is 0 Å². The normalized spacial score (nSPS) is 17.9. The molecule has 0 aromatic heterocycles. The van der Waals surface area contributed by atoms with E-state index in [2.05, 4.69) is 5.32 Å². The van der Waals surface area contributed by atoms with E-state index < -0.39 is 6.04 Å². The van der Waals surface area contributed by atoms with Gasteiger partial charge in [-0.15, -0.1) is 0 Å². The Morgan fingerprint density at radius 3 is 2.80 bits per heavy atom. The summed E-state index contributed by atoms with van der Waals surface area (Å²) in [5.41, 5.74) is 6.70. The van der Waals surface area contributed by atoms with Gasteiger partial charge >= 0.3 is 0 Å². The van der Waals surface area contributed by atoms with E-state index in [0.29, 0.717) is 30.0 Å². The zero-order chi connectivity index (χ0) is 14.7. The number of likely N-dealkylation sites (tertiary alicyclic amines) is 1. The van der Waals surface area contributed by atoms with Crippen LogP contribution in [-0.4, -0.2) is 43.5 Å². The molecular formula is C14H19N3O3. The molecule has 0 aliphatic carbocycles. The number of nitrogens with zero attached hydrogens (tertiary/aromatic N) is 1. The summed E-state index contributed by atoms with van der Waals surface area (Å²) in [6, 6.07) is 4.51. The van der Waals surface area contributed by atoms with Crippen molar-refractivity contribution < 1.29 is 14.3 Å². The fourth-order valence-electron chi connectivity index (χ4n) is 2.48. The second kappa shape index (κ2) is 5.81. The maximum absolute atomic E-state index is 12.5. The predicted molar refractivity (Wildman–Crippen MR) is 75.5 cm³/mol. The third kappa shape index (κ3) is 2.54. The van der Waals surface area contributed by atoms with Gasteiger partial charge in [0.2, 0.25) is 5.91 Å². The van der Waals surface area contributed by atoms with Crippen LogP contribution in [0.3, 0.4) is 0 Å². The molecule has 2 amide bonds. The maximum atomic E-state index is 12.5. The third-order valence-corrected chi connectivity index (χ3v) is 3.54. The monoisotopic (exact) mass is 277 g/mol. The molecule has 3 N–H and O–H groups in total. The van der Waals surface area contributed by atoms with Crippen LogP contribution in [-0.2, 0) is 4.79 Å². The molecule has 1 unspecified atom stereocenters. The highest BCUT2D eigenvalue weighted by molar-refractivity contribution is 5.98. The maximum Gasteiger partial charge on any atom is 0.254 e. The topological polar surface area (TPSA) is 84.7 Å². The van der Waals surface area contributed by atoms with Gasteiger partial charge in [-0.2, -0.15) is 0 Å². The van der Waals surface area contributed by atoms with Crippen molar-refractivity contribution in [1.82, 2.24) is 10.2 Å². The zero-order valence-corrected chi connectivity index (χ0v) is 11.7. The van der Waals surface area contributed by atoms with E-state index >= 15 is 0 Å². The van der Waals surface area contributed by atoms with Gasteiger partial charge in [-0.25, -0.2) is 0 Å². The summed E-state index contributed by atoms with van der Waals surface area (Å²) >= 11 is 0. The highest BCUT2D eigenvalue weighted by atomic mass is 16.5. The van der Waals surface area contributed by atoms with Gasteiger partial charge in [0.15, 0.2) is 0 Å². The minimum atomic E-state index is -0.393. The summed E-state index contributed by atoms with van der Waals surface area (Å²) < 4.78 is 5.07. The van der Waals surface area contributed by atoms with Crippen LogP contribution in [0.15, 0.2) is 18.2 Å². The molecule has 1 aromatic rings. The van der Waals surface area contributed by atoms with Gasteiger partial charge in [0.1, 0.15) is 11.8 Å². The van der Waals surface area contributed by atoms with Crippen molar-refractivity contribution in [2.75, 3.05) is 26.4 Å². The molecule has 20 heavy (non-hydrogen) atoms. The number of benzene rings is 1. The number of hydrogen-bond donors (Lipinski definition) is 2. The summed E-state index contributed by atoms with van der Waals surface area (Å²) in [6.07, 6.45) is 1.52. The lowest BCUT2D eigenvalue weighted by atomic mass is 10.1. The lowest BCUT2D eigenvalue weighted by Crippen LogP contribution is -2.44. The number of amides is 2. The molecule has 2 rings (SSSR count). The molecule has 1 aromatic carbocycles. The Hall–Kier alpha value is -2.24. The van der Waals surface area contributed by atoms with Gasteiger partial charge in [0.25, 0.3) is 5.91 Å². The Morgan fingerprint density at radius 2 is 2.20 bits per heavy atom. The van der Waals surface area contributed by atoms with Crippen molar-refractivity contribution in [3.05, 3.63) is 23.8 Å². The van der Waals surface area contributed by atoms with Gasteiger partial charge in [-0.05, 0) is 31.0 Å². The van der Waals surface area contributed by atoms with E-state index in [1.165, 1.54) is 7.11 Å². The number of rotatable bonds is 3. The number of nitrogen functional groups attached to an aromatic ring is 1. The van der Waals surface area contributed by atoms with Crippen LogP contribution >= 0.6 is 0 Å². The minimum Gasteiger partial charge on any atom is -0.495 e. The van der Waals surface area contributed by atoms with Crippen molar-refractivity contribution in [2.45, 2.75) is 18.9 Å². The minimum absolute atomic E-state index is 0.127. The summed E-state index contributed by atoms with van der Waals surface area (Å²) in [5.74, 6) is 0.230. The van der Waals surface area contributed by atoms with E-state index in [9.17, 15) is 9.59 Å². The van der Waals surface area contributed by atoms with E-state index in [-0.39, 0.29) is 11.8 Å². The van der Waals surface area contributed by atoms with Gasteiger partial charge in [-0.1, -0.05) is 0 Å². The Balaban J connectivity index is 2.22. The van der Waals surface area contributed by atoms with E-state index in [0.717, 1.165) is 6.42 Å². The van der Waals surface area contributed by atoms with Crippen LogP contribution in [0.1, 0.15) is 23.2 Å². The van der Waals surface area contributed by atoms with Crippen molar-refractivity contribution >= 4 is 17.5 Å². The second-order valence-electron chi connectivity index (χ2n) is 4.73. The van der Waals surface area contributed by atoms with Crippen molar-refractivity contribution in [3.63, 3.8) is 0 Å². The average molecular weight is 277 g/mol. The molecule has 1 saturated heterocycles. The first-order valence-electron chi connectivity index (χ1n) is 6.54. The molecule has 0 bridgehead atoms. The Labute approximate surface area is 117 Å². The quantitative estimate of drug-likeness (QED) is 0.794. The molecule has 108 valence electrons. The van der Waals surface area contributed by atoms with Gasteiger partial charge in [0.05, 0.1) is 12.8 Å². The first-order valence-corrected chi connectivity index (χ1v) is 6.54. The second-order valence-corrected chi connectivity index (χ2v) is 4.73. The zero-order valence-electron chi connectivity index (χ0n) is 11.7. The molecule has 0 radical (unpaired) electrons. The van der Waals surface area contributed by atoms with Crippen LogP contribution in [0, 0.1) is 0 Å². The van der Waals surface area contributed by atoms with E-state index in [4.69, 9.17) is 10.5 Å². The largest absolute Gasteiger partial charge is 0.495 e. The lowest BCUT2D eigenvalue weighted by molar-refractivity contribution is -0.124. The predicted octanol–water partition coefficient (Wildman–Crippen LogP) is 0.628. The number of ether oxygens (including phenoxy) is 1. The molecule has 6 heteroatoms. The summed E-state index contributed by atoms with van der Waals surface area (Å²) in [5, 5.41) is 2.60. The fourth-order valence-corrected chi connectivity index (χ4v) is 2.48. The van der Waals surface area contributed by atoms with Gasteiger partial charge in [0, 0.05) is 19.2 Å². The first kappa shape index (κ1) is 14.2. The SMILES string of the molecule is CNC(=O)C1CCCN1C(=O)c1ccc(OC)c(N)c1. The molecule has 6 nitrogen and oxygen atoms in total. The number of likely N-dealkylation sites (N-methyl/N-ethyl adjacent to an activating group) is 1. The molecule has 1 atom stereocenters. The number of carbonyl (C=O) groups is 2. The fraction of sp³-hybridized carbons (Fsp3) is 0.429. The molecule has 1 aliphatic heterocycles. The number of anilines is 1. The molecule has 1 heterocycles. The number of nitrogens with one attached hydrogen (secondary N) is 1. The molecule has 1 fully saturated rings. The third-order valence-electron chi connectivity index (χ3n) is 3.54. The van der Waals surface area contributed by atoms with Gasteiger partial charge in [-0.3, -0.25) is 9.59 Å². The summed E-state index contributed by atoms with van der Waals surface area (Å²) in [6.45, 7) is 0.586. The molecular weight excluding hydrogens is 258 g/mol. The number of methoxy groups -OCH3 is 1. The van der Waals surface area contributed by atoms with Crippen LogP contribution in [0.2, 0.25) is 0 Å². The number of nitrogens with two attached hydrogens (primary N) is 1. The van der Waals surface area contributed by atoms with Crippen LogP contribution in [0.5, 0.6) is 5.75 Å². The number of carbonyl (C=O) groups excluding carboxylic acids is 2. The summed E-state index contributed by atoms with van der Waals surface area (Å²) in [4.78, 5) is 25.9. The first-order chi connectivity index (χ1) is 9.58. The standard InChI is InChI=1S/C14H19N3O3/c1-16-13(18)11-4-3-7-17(11)14(19)9-5-6-12(20-2)10(15)8-9/h5-6,8,11H,3-4,7,15H2,1-2H3,(H,16,18). The van der Waals surface area contributed by atoms with Crippen LogP contribution < -0.4 is 15.8 Å². The number of hydrogen-bond acceptors (Lipinski definition) is 4. The Morgan fingerprint density at radius 1 is 1.45 bits per heavy atom. The van der Waals surface area contributed by atoms with Crippen molar-refractivity contribution in [2.24, 2.45) is 0 Å². The van der Waals surface area contributed by atoms with E-state index in [1.54, 1.807) is 30.1 Å². The highest BCUT2D eigenvalue weighted by Gasteiger charge is 2.34. The van der Waals surface area contributed by atoms with Crippen molar-refractivity contribution in [3.8, 4) is 5.75 Å². The lowest BCUT2D eigenvalue weighted by Gasteiger charge is -2.23. The Kier molecular flexibility index (Phi) is 4.12. The molecule has 1 aliphatic rings. The Bertz CT molecular complexity index is 530. The molecule has 0 spiro atoms. The van der Waals surface area contributed by atoms with Crippen LogP contribution in [0.25, 0.3) is 0 Å². The molecule has 0 saturated carbocycles. The highest BCUT2D eigenvalue weighted by Crippen LogP contribution is 2.25. The van der Waals surface area contributed by atoms with Gasteiger partial charge < -0.3 is 20.7 Å². The average Bonchev–Trinajstić information content (AvgIpc) is 2.94. The van der Waals surface area contributed by atoms with Crippen LogP contribution in [0.4, 0.5) is 5.69 Å². The summed E-state index contributed by atoms with van der Waals surface area (Å²) in [7, 11) is 3.10. The smallest absolute Gasteiger partial charge is 0.254 e. The van der Waals surface area contributed by atoms with E-state index in [1.807, 2.05) is 0 Å².